The van der Waals surface area contributed by atoms with E-state index in [1.807, 2.05) is 47.0 Å². The van der Waals surface area contributed by atoms with Gasteiger partial charge in [-0.2, -0.15) is 12.6 Å². The van der Waals surface area contributed by atoms with E-state index < -0.39 is 21.6 Å². The molecular formula is C17H33N3O4S12. The first kappa shape index (κ1) is 38.6. The summed E-state index contributed by atoms with van der Waals surface area (Å²) in [5, 5.41) is 18.7. The summed E-state index contributed by atoms with van der Waals surface area (Å²) in [5.74, 6) is 2.07. The molecule has 0 aromatic heterocycles. The maximum Gasteiger partial charge on any atom is 0.280 e. The number of hydrogen-bond acceptors (Lipinski definition) is 16. The molecule has 0 spiro atoms. The largest absolute Gasteiger partial charge is 0.396 e. The average molecular weight is 728 g/mol. The Morgan fingerprint density at radius 2 is 1.39 bits per heavy atom. The van der Waals surface area contributed by atoms with Crippen LogP contribution in [-0.4, -0.2) is 101 Å². The van der Waals surface area contributed by atoms with Gasteiger partial charge in [-0.05, 0) is 6.42 Å². The van der Waals surface area contributed by atoms with E-state index in [9.17, 15) is 13.2 Å². The summed E-state index contributed by atoms with van der Waals surface area (Å²) in [6.07, 6.45) is 0.541. The molecule has 19 heteroatoms. The molecule has 0 heterocycles. The molecule has 2 atom stereocenters. The number of rotatable bonds is 26. The Morgan fingerprint density at radius 1 is 0.806 bits per heavy atom. The molecule has 0 aliphatic rings. The highest BCUT2D eigenvalue weighted by atomic mass is 32.3. The van der Waals surface area contributed by atoms with Crippen molar-refractivity contribution in [3.8, 4) is 0 Å². The Morgan fingerprint density at radius 3 is 2.06 bits per heavy atom. The van der Waals surface area contributed by atoms with E-state index in [1.165, 1.54) is 22.9 Å². The molecule has 0 bridgehead atoms. The summed E-state index contributed by atoms with van der Waals surface area (Å²) in [6.45, 7) is 0.0629. The van der Waals surface area contributed by atoms with E-state index in [0.717, 1.165) is 35.6 Å². The van der Waals surface area contributed by atoms with Crippen LogP contribution in [-0.2, 0) is 21.6 Å². The van der Waals surface area contributed by atoms with Crippen LogP contribution in [0.5, 0.6) is 0 Å². The molecule has 0 saturated heterocycles. The van der Waals surface area contributed by atoms with Gasteiger partial charge in [0.25, 0.3) is 5.24 Å². The third-order valence-corrected chi connectivity index (χ3v) is 16.4. The predicted molar refractivity (Wildman–Crippen MR) is 189 cm³/mol. The average Bonchev–Trinajstić information content (AvgIpc) is 2.87. The lowest BCUT2D eigenvalue weighted by Crippen LogP contribution is -2.17. The van der Waals surface area contributed by atoms with Crippen molar-refractivity contribution in [3.63, 3.8) is 0 Å². The molecule has 0 aromatic carbocycles. The highest BCUT2D eigenvalue weighted by molar-refractivity contribution is 8.30. The van der Waals surface area contributed by atoms with Crippen molar-refractivity contribution < 1.29 is 18.3 Å². The van der Waals surface area contributed by atoms with Crippen LogP contribution in [0.4, 0.5) is 4.79 Å². The number of thioether (sulfide) groups is 9. The van der Waals surface area contributed by atoms with Gasteiger partial charge in [0.05, 0.1) is 55.4 Å². The van der Waals surface area contributed by atoms with Crippen molar-refractivity contribution in [2.75, 3.05) is 70.7 Å². The monoisotopic (exact) mass is 727 g/mol. The van der Waals surface area contributed by atoms with E-state index in [0.29, 0.717) is 34.9 Å². The summed E-state index contributed by atoms with van der Waals surface area (Å²) in [7, 11) is -2.08. The van der Waals surface area contributed by atoms with Gasteiger partial charge < -0.3 is 10.4 Å². The SMILES string of the molecule is O=C(NCSCSCSCSCN=CS(=O)CCCO)SCSCSCSCSCS(=O)C=NCS. The molecule has 0 fully saturated rings. The number of carbonyl (C=O) groups excluding carboxylic acids is 1. The lowest BCUT2D eigenvalue weighted by molar-refractivity contribution is 0.262. The van der Waals surface area contributed by atoms with Gasteiger partial charge in [0.15, 0.2) is 0 Å². The molecule has 7 nitrogen and oxygen atoms in total. The highest BCUT2D eigenvalue weighted by Gasteiger charge is 2.02. The molecule has 1 amide bonds. The Balaban J connectivity index is 3.30. The van der Waals surface area contributed by atoms with Crippen LogP contribution in [0.2, 0.25) is 0 Å². The minimum Gasteiger partial charge on any atom is -0.396 e. The second-order valence-electron chi connectivity index (χ2n) is 5.72. The van der Waals surface area contributed by atoms with E-state index in [4.69, 9.17) is 5.11 Å². The quantitative estimate of drug-likeness (QED) is 0.0334. The van der Waals surface area contributed by atoms with Gasteiger partial charge in [-0.15, -0.1) is 94.1 Å². The number of nitrogens with zero attached hydrogens (tertiary/aromatic N) is 2. The zero-order valence-corrected chi connectivity index (χ0v) is 29.4. The minimum atomic E-state index is -1.07. The normalized spacial score (nSPS) is 13.5. The summed E-state index contributed by atoms with van der Waals surface area (Å²) in [4.78, 5) is 19.8. The van der Waals surface area contributed by atoms with Crippen molar-refractivity contribution in [3.05, 3.63) is 0 Å². The summed E-state index contributed by atoms with van der Waals surface area (Å²) >= 11 is 19.4. The van der Waals surface area contributed by atoms with Crippen LogP contribution in [0.15, 0.2) is 9.98 Å². The van der Waals surface area contributed by atoms with Gasteiger partial charge in [0.2, 0.25) is 0 Å². The van der Waals surface area contributed by atoms with Crippen LogP contribution in [0.3, 0.4) is 0 Å². The van der Waals surface area contributed by atoms with Crippen LogP contribution in [0.1, 0.15) is 6.42 Å². The Hall–Kier alpha value is 2.57. The highest BCUT2D eigenvalue weighted by Crippen LogP contribution is 2.24. The van der Waals surface area contributed by atoms with Gasteiger partial charge in [-0.25, -0.2) is 0 Å². The number of aliphatic hydroxyl groups excluding tert-OH is 1. The lowest BCUT2D eigenvalue weighted by Gasteiger charge is -2.05. The number of aliphatic hydroxyl groups is 1. The van der Waals surface area contributed by atoms with Crippen molar-refractivity contribution >= 4 is 156 Å². The Kier molecular flexibility index (Phi) is 34.4. The van der Waals surface area contributed by atoms with Crippen LogP contribution in [0, 0.1) is 0 Å². The van der Waals surface area contributed by atoms with E-state index in [-0.39, 0.29) is 11.8 Å². The smallest absolute Gasteiger partial charge is 0.280 e. The first-order valence-electron chi connectivity index (χ1n) is 10.1. The minimum absolute atomic E-state index is 0.0221. The maximum absolute atomic E-state index is 11.8. The number of thiol groups is 1. The Labute approximate surface area is 264 Å². The van der Waals surface area contributed by atoms with Crippen molar-refractivity contribution in [2.45, 2.75) is 6.42 Å². The predicted octanol–water partition coefficient (Wildman–Crippen LogP) is 5.69. The van der Waals surface area contributed by atoms with Crippen molar-refractivity contribution in [1.29, 1.82) is 0 Å². The zero-order valence-electron chi connectivity index (χ0n) is 19.6. The Bertz CT molecular complexity index is 634. The second kappa shape index (κ2) is 32.1. The number of hydrogen-bond donors (Lipinski definition) is 3. The van der Waals surface area contributed by atoms with Crippen LogP contribution >= 0.6 is 118 Å². The second-order valence-corrected chi connectivity index (χ2v) is 20.4. The topological polar surface area (TPSA) is 108 Å². The van der Waals surface area contributed by atoms with Gasteiger partial charge >= 0.3 is 0 Å². The molecule has 36 heavy (non-hydrogen) atoms. The molecule has 0 saturated carbocycles. The van der Waals surface area contributed by atoms with E-state index >= 15 is 0 Å². The first-order valence-corrected chi connectivity index (χ1v) is 23.7. The molecule has 2 N–H and O–H groups in total. The van der Waals surface area contributed by atoms with Crippen molar-refractivity contribution in [2.24, 2.45) is 9.98 Å². The van der Waals surface area contributed by atoms with Crippen molar-refractivity contribution in [1.82, 2.24) is 5.32 Å². The fourth-order valence-corrected chi connectivity index (χ4v) is 13.9. The molecule has 0 radical (unpaired) electrons. The fraction of sp³-hybridized carbons (Fsp3) is 0.824. The van der Waals surface area contributed by atoms with Crippen LogP contribution < -0.4 is 5.32 Å². The summed E-state index contributed by atoms with van der Waals surface area (Å²) < 4.78 is 23.0. The standard InChI is InChI=1S/C17H33N3O4S12/c21-2-1-3-35(23)8-19-5-26-9-28-11-29-10-27-6-20-17(22)34-15-32-13-30-12-31-14-33-16-36(24)7-18-4-25/h7-8,21,25H,1-6,9-16H2,(H,20,22). The number of carbonyl (C=O) groups is 1. The third-order valence-electron chi connectivity index (χ3n) is 2.93. The fourth-order valence-electron chi connectivity index (χ4n) is 1.55. The molecule has 0 rings (SSSR count). The molecule has 2 unspecified atom stereocenters. The van der Waals surface area contributed by atoms with Gasteiger partial charge in [-0.3, -0.25) is 23.2 Å². The molecule has 0 aromatic rings. The van der Waals surface area contributed by atoms with Gasteiger partial charge in [-0.1, -0.05) is 11.8 Å². The third kappa shape index (κ3) is 31.1. The lowest BCUT2D eigenvalue weighted by atomic mass is 10.5. The summed E-state index contributed by atoms with van der Waals surface area (Å²) in [6, 6.07) is 0. The zero-order chi connectivity index (χ0) is 26.5. The maximum atomic E-state index is 11.8. The van der Waals surface area contributed by atoms with Gasteiger partial charge in [0.1, 0.15) is 0 Å². The molecule has 0 aliphatic heterocycles. The number of amides is 1. The summed E-state index contributed by atoms with van der Waals surface area (Å²) in [5.41, 5.74) is 2.93. The van der Waals surface area contributed by atoms with Gasteiger partial charge in [0, 0.05) is 48.0 Å². The molecular weight excluding hydrogens is 695 g/mol. The number of aliphatic imine (C=N–C) groups is 2. The van der Waals surface area contributed by atoms with E-state index in [1.54, 1.807) is 47.0 Å². The van der Waals surface area contributed by atoms with Crippen LogP contribution in [0.25, 0.3) is 0 Å². The molecule has 212 valence electrons. The van der Waals surface area contributed by atoms with E-state index in [2.05, 4.69) is 27.9 Å². The molecule has 0 aliphatic carbocycles. The first-order chi connectivity index (χ1) is 17.6. The number of nitrogens with one attached hydrogen (secondary N) is 1.